The second kappa shape index (κ2) is 5.05. The fraction of sp³-hybridized carbons (Fsp3) is 0.500. The van der Waals surface area contributed by atoms with Crippen LogP contribution in [0.5, 0.6) is 0 Å². The molecule has 0 spiro atoms. The van der Waals surface area contributed by atoms with E-state index < -0.39 is 0 Å². The minimum atomic E-state index is 0.172. The Bertz CT molecular complexity index is 532. The number of aryl methyl sites for hydroxylation is 1. The summed E-state index contributed by atoms with van der Waals surface area (Å²) in [6.45, 7) is 0.629. The zero-order valence-corrected chi connectivity index (χ0v) is 10.9. The van der Waals surface area contributed by atoms with Gasteiger partial charge in [0.2, 0.25) is 5.91 Å². The van der Waals surface area contributed by atoms with Crippen LogP contribution in [-0.2, 0) is 11.2 Å². The van der Waals surface area contributed by atoms with Crippen molar-refractivity contribution in [2.45, 2.75) is 31.6 Å². The van der Waals surface area contributed by atoms with Gasteiger partial charge in [0.1, 0.15) is 0 Å². The molecule has 1 aromatic rings. The lowest BCUT2D eigenvalue weighted by atomic mass is 9.92. The molecule has 3 heteroatoms. The number of hydrogen-bond donors (Lipinski definition) is 1. The molecular weight excluding hydrogens is 236 g/mol. The van der Waals surface area contributed by atoms with Crippen LogP contribution in [0.2, 0.25) is 0 Å². The van der Waals surface area contributed by atoms with Crippen molar-refractivity contribution in [1.29, 1.82) is 5.26 Å². The molecule has 1 fully saturated rings. The highest BCUT2D eigenvalue weighted by Gasteiger charge is 2.56. The summed E-state index contributed by atoms with van der Waals surface area (Å²) in [6.07, 6.45) is 3.51. The van der Waals surface area contributed by atoms with Crippen LogP contribution in [-0.4, -0.2) is 12.5 Å². The fourth-order valence-corrected chi connectivity index (χ4v) is 3.42. The van der Waals surface area contributed by atoms with Crippen LogP contribution in [0.1, 0.15) is 36.3 Å². The molecule has 0 aliphatic heterocycles. The number of carbonyl (C=O) groups is 1. The number of nitriles is 1. The number of fused-ring (bicyclic) bond motifs is 3. The third kappa shape index (κ3) is 2.23. The van der Waals surface area contributed by atoms with Crippen molar-refractivity contribution in [2.24, 2.45) is 11.8 Å². The summed E-state index contributed by atoms with van der Waals surface area (Å²) >= 11 is 0. The SMILES string of the molecule is N#CCCCNC(=O)C1C2CCc3ccccc3C21. The van der Waals surface area contributed by atoms with Gasteiger partial charge in [-0.05, 0) is 42.2 Å². The third-order valence-electron chi connectivity index (χ3n) is 4.40. The average Bonchev–Trinajstić information content (AvgIpc) is 3.18. The van der Waals surface area contributed by atoms with Crippen LogP contribution in [0.15, 0.2) is 24.3 Å². The van der Waals surface area contributed by atoms with Gasteiger partial charge in [-0.15, -0.1) is 0 Å². The Balaban J connectivity index is 1.61. The van der Waals surface area contributed by atoms with Crippen LogP contribution < -0.4 is 5.32 Å². The molecule has 3 rings (SSSR count). The van der Waals surface area contributed by atoms with Crippen LogP contribution >= 0.6 is 0 Å². The molecule has 0 saturated heterocycles. The molecule has 0 bridgehead atoms. The molecule has 1 N–H and O–H groups in total. The lowest BCUT2D eigenvalue weighted by molar-refractivity contribution is -0.122. The van der Waals surface area contributed by atoms with E-state index >= 15 is 0 Å². The van der Waals surface area contributed by atoms with Crippen molar-refractivity contribution in [2.75, 3.05) is 6.54 Å². The Morgan fingerprint density at radius 3 is 3.11 bits per heavy atom. The number of hydrogen-bond acceptors (Lipinski definition) is 2. The Hall–Kier alpha value is -1.82. The van der Waals surface area contributed by atoms with Gasteiger partial charge in [0.05, 0.1) is 6.07 Å². The maximum atomic E-state index is 12.2. The quantitative estimate of drug-likeness (QED) is 0.839. The van der Waals surface area contributed by atoms with E-state index in [9.17, 15) is 4.79 Å². The largest absolute Gasteiger partial charge is 0.356 e. The summed E-state index contributed by atoms with van der Waals surface area (Å²) < 4.78 is 0. The molecule has 3 unspecified atom stereocenters. The molecule has 3 nitrogen and oxygen atoms in total. The van der Waals surface area contributed by atoms with E-state index in [0.717, 1.165) is 19.3 Å². The molecule has 0 radical (unpaired) electrons. The van der Waals surface area contributed by atoms with Crippen molar-refractivity contribution in [3.05, 3.63) is 35.4 Å². The number of benzene rings is 1. The first-order valence-electron chi connectivity index (χ1n) is 7.05. The van der Waals surface area contributed by atoms with Gasteiger partial charge >= 0.3 is 0 Å². The molecule has 3 atom stereocenters. The van der Waals surface area contributed by atoms with Crippen molar-refractivity contribution in [3.8, 4) is 6.07 Å². The van der Waals surface area contributed by atoms with Gasteiger partial charge in [-0.25, -0.2) is 0 Å². The first-order chi connectivity index (χ1) is 9.33. The number of carbonyl (C=O) groups excluding carboxylic acids is 1. The van der Waals surface area contributed by atoms with E-state index in [0.29, 0.717) is 24.8 Å². The number of nitrogens with one attached hydrogen (secondary N) is 1. The Labute approximate surface area is 113 Å². The summed E-state index contributed by atoms with van der Waals surface area (Å²) in [6, 6.07) is 10.6. The molecule has 98 valence electrons. The maximum Gasteiger partial charge on any atom is 0.224 e. The summed E-state index contributed by atoms with van der Waals surface area (Å²) in [5.41, 5.74) is 2.81. The predicted octanol–water partition coefficient (Wildman–Crippen LogP) is 2.38. The minimum Gasteiger partial charge on any atom is -0.356 e. The molecule has 1 aromatic carbocycles. The molecule has 1 saturated carbocycles. The summed E-state index contributed by atoms with van der Waals surface area (Å²) in [5.74, 6) is 1.35. The summed E-state index contributed by atoms with van der Waals surface area (Å²) in [5, 5.41) is 11.4. The van der Waals surface area contributed by atoms with E-state index in [1.165, 1.54) is 11.1 Å². The molecule has 2 aliphatic carbocycles. The van der Waals surface area contributed by atoms with Crippen LogP contribution in [0, 0.1) is 23.2 Å². The predicted molar refractivity (Wildman–Crippen MR) is 72.3 cm³/mol. The second-order valence-corrected chi connectivity index (χ2v) is 5.51. The standard InChI is InChI=1S/C16H18N2O/c17-9-3-4-10-18-16(19)15-13-8-7-11-5-1-2-6-12(11)14(13)15/h1-2,5-6,13-15H,3-4,7-8,10H2,(H,18,19). The zero-order valence-electron chi connectivity index (χ0n) is 10.9. The Kier molecular flexibility index (Phi) is 3.25. The number of rotatable bonds is 4. The zero-order chi connectivity index (χ0) is 13.2. The van der Waals surface area contributed by atoms with Crippen molar-refractivity contribution >= 4 is 5.91 Å². The van der Waals surface area contributed by atoms with E-state index in [1.807, 2.05) is 0 Å². The average molecular weight is 254 g/mol. The Morgan fingerprint density at radius 2 is 2.26 bits per heavy atom. The summed E-state index contributed by atoms with van der Waals surface area (Å²) in [7, 11) is 0. The van der Waals surface area contributed by atoms with Gasteiger partial charge < -0.3 is 5.32 Å². The lowest BCUT2D eigenvalue weighted by Crippen LogP contribution is -2.26. The van der Waals surface area contributed by atoms with E-state index in [-0.39, 0.29) is 11.8 Å². The Morgan fingerprint density at radius 1 is 1.42 bits per heavy atom. The lowest BCUT2D eigenvalue weighted by Gasteiger charge is -2.13. The molecule has 0 heterocycles. The van der Waals surface area contributed by atoms with Gasteiger partial charge in [0, 0.05) is 18.9 Å². The topological polar surface area (TPSA) is 52.9 Å². The van der Waals surface area contributed by atoms with Gasteiger partial charge in [0.25, 0.3) is 0 Å². The van der Waals surface area contributed by atoms with Crippen molar-refractivity contribution in [1.82, 2.24) is 5.32 Å². The smallest absolute Gasteiger partial charge is 0.224 e. The second-order valence-electron chi connectivity index (χ2n) is 5.51. The first-order valence-corrected chi connectivity index (χ1v) is 7.05. The molecule has 2 aliphatic rings. The van der Waals surface area contributed by atoms with Crippen LogP contribution in [0.3, 0.4) is 0 Å². The van der Waals surface area contributed by atoms with Crippen molar-refractivity contribution < 1.29 is 4.79 Å². The molecule has 1 amide bonds. The number of unbranched alkanes of at least 4 members (excludes halogenated alkanes) is 1. The van der Waals surface area contributed by atoms with E-state index in [2.05, 4.69) is 35.7 Å². The maximum absolute atomic E-state index is 12.2. The summed E-state index contributed by atoms with van der Waals surface area (Å²) in [4.78, 5) is 12.2. The monoisotopic (exact) mass is 254 g/mol. The van der Waals surface area contributed by atoms with Gasteiger partial charge in [0.15, 0.2) is 0 Å². The van der Waals surface area contributed by atoms with Crippen LogP contribution in [0.25, 0.3) is 0 Å². The van der Waals surface area contributed by atoms with Gasteiger partial charge in [-0.2, -0.15) is 5.26 Å². The van der Waals surface area contributed by atoms with Gasteiger partial charge in [-0.3, -0.25) is 4.79 Å². The highest BCUT2D eigenvalue weighted by Crippen LogP contribution is 2.59. The highest BCUT2D eigenvalue weighted by molar-refractivity contribution is 5.84. The van der Waals surface area contributed by atoms with E-state index in [1.54, 1.807) is 0 Å². The molecule has 0 aromatic heterocycles. The van der Waals surface area contributed by atoms with Crippen molar-refractivity contribution in [3.63, 3.8) is 0 Å². The molecular formula is C16H18N2O. The molecule has 19 heavy (non-hydrogen) atoms. The number of nitrogens with zero attached hydrogens (tertiary/aromatic N) is 1. The first kappa shape index (κ1) is 12.2. The third-order valence-corrected chi connectivity index (χ3v) is 4.40. The minimum absolute atomic E-state index is 0.172. The fourth-order valence-electron chi connectivity index (χ4n) is 3.42. The normalized spacial score (nSPS) is 26.8. The van der Waals surface area contributed by atoms with E-state index in [4.69, 9.17) is 5.26 Å². The number of amides is 1. The van der Waals surface area contributed by atoms with Gasteiger partial charge in [-0.1, -0.05) is 24.3 Å². The highest BCUT2D eigenvalue weighted by atomic mass is 16.2. The van der Waals surface area contributed by atoms with Crippen LogP contribution in [0.4, 0.5) is 0 Å².